The topological polar surface area (TPSA) is 26.0 Å². The van der Waals surface area contributed by atoms with Crippen molar-refractivity contribution < 1.29 is 0 Å². The van der Waals surface area contributed by atoms with Crippen molar-refractivity contribution >= 4 is 0 Å². The molecule has 0 aliphatic heterocycles. The van der Waals surface area contributed by atoms with Crippen LogP contribution in [0.25, 0.3) is 0 Å². The second-order valence-electron chi connectivity index (χ2n) is 6.58. The van der Waals surface area contributed by atoms with E-state index in [0.29, 0.717) is 0 Å². The molecule has 1 aromatic carbocycles. The van der Waals surface area contributed by atoms with E-state index >= 15 is 0 Å². The van der Waals surface area contributed by atoms with E-state index in [1.807, 2.05) is 18.2 Å². The van der Waals surface area contributed by atoms with Crippen LogP contribution < -0.4 is 5.73 Å². The Morgan fingerprint density at radius 1 is 0.938 bits per heavy atom. The Hall–Kier alpha value is -0.820. The second kappa shape index (κ2) is 3.89. The first-order chi connectivity index (χ1) is 7.11. The first-order valence-corrected chi connectivity index (χ1v) is 5.87. The number of benzene rings is 1. The summed E-state index contributed by atoms with van der Waals surface area (Å²) >= 11 is 0. The van der Waals surface area contributed by atoms with Crippen molar-refractivity contribution in [2.24, 2.45) is 16.6 Å². The highest BCUT2D eigenvalue weighted by molar-refractivity contribution is 5.28. The molecule has 2 N–H and O–H groups in total. The Balaban J connectivity index is 3.39. The van der Waals surface area contributed by atoms with Gasteiger partial charge in [-0.05, 0) is 22.5 Å². The minimum absolute atomic E-state index is 0.0108. The van der Waals surface area contributed by atoms with Gasteiger partial charge in [-0.2, -0.15) is 0 Å². The van der Waals surface area contributed by atoms with Gasteiger partial charge in [-0.1, -0.05) is 65.8 Å². The van der Waals surface area contributed by atoms with E-state index in [-0.39, 0.29) is 16.4 Å². The minimum atomic E-state index is -0.388. The van der Waals surface area contributed by atoms with Crippen molar-refractivity contribution in [3.8, 4) is 0 Å². The monoisotopic (exact) mass is 218 g/mol. The van der Waals surface area contributed by atoms with Crippen molar-refractivity contribution in [2.75, 3.05) is 0 Å². The molecule has 1 nitrogen and oxygen atoms in total. The van der Waals surface area contributed by atoms with Gasteiger partial charge in [0, 0.05) is 0 Å². The summed E-state index contributed by atoms with van der Waals surface area (Å²) in [4.78, 5) is 0. The molecule has 0 saturated heterocycles. The van der Waals surface area contributed by atoms with E-state index in [0.717, 1.165) is 5.56 Å². The Morgan fingerprint density at radius 2 is 1.44 bits per heavy atom. The van der Waals surface area contributed by atoms with Gasteiger partial charge in [0.05, 0.1) is 5.54 Å². The smallest absolute Gasteiger partial charge is 0.0513 e. The molecule has 0 atom stereocenters. The summed E-state index contributed by atoms with van der Waals surface area (Å²) in [6.45, 7) is 13.2. The van der Waals surface area contributed by atoms with Crippen molar-refractivity contribution in [1.29, 1.82) is 0 Å². The maximum atomic E-state index is 6.74. The van der Waals surface area contributed by atoms with Crippen LogP contribution in [0.15, 0.2) is 24.3 Å². The summed E-state index contributed by atoms with van der Waals surface area (Å²) in [6.07, 6.45) is 0. The molecular formula is C15H24N. The Labute approximate surface area is 100 Å². The third-order valence-electron chi connectivity index (χ3n) is 3.50. The Bertz CT molecular complexity index is 324. The number of hydrogen-bond acceptors (Lipinski definition) is 1. The lowest BCUT2D eigenvalue weighted by molar-refractivity contribution is 0.0567. The summed E-state index contributed by atoms with van der Waals surface area (Å²) in [6, 6.07) is 11.3. The standard InChI is InChI=1S/C15H24N/c1-13(2,3)15(16,14(4,5)6)12-10-8-7-9-11-12/h7-10H,16H2,1-6H3. The highest BCUT2D eigenvalue weighted by Gasteiger charge is 2.48. The zero-order valence-corrected chi connectivity index (χ0v) is 11.4. The molecule has 1 radical (unpaired) electrons. The van der Waals surface area contributed by atoms with Crippen molar-refractivity contribution in [3.63, 3.8) is 0 Å². The van der Waals surface area contributed by atoms with Crippen LogP contribution in [0.3, 0.4) is 0 Å². The van der Waals surface area contributed by atoms with Gasteiger partial charge < -0.3 is 5.73 Å². The zero-order chi connectivity index (χ0) is 12.6. The maximum Gasteiger partial charge on any atom is 0.0513 e. The normalized spacial score (nSPS) is 13.9. The lowest BCUT2D eigenvalue weighted by atomic mass is 9.57. The van der Waals surface area contributed by atoms with Crippen molar-refractivity contribution in [3.05, 3.63) is 35.9 Å². The molecule has 0 saturated carbocycles. The summed E-state index contributed by atoms with van der Waals surface area (Å²) in [7, 11) is 0. The lowest BCUT2D eigenvalue weighted by Gasteiger charge is -2.51. The summed E-state index contributed by atoms with van der Waals surface area (Å²) in [5.74, 6) is 0. The zero-order valence-electron chi connectivity index (χ0n) is 11.4. The molecule has 89 valence electrons. The molecule has 0 bridgehead atoms. The SMILES string of the molecule is CC(C)(C)C(N)(c1[c]cccc1)C(C)(C)C. The van der Waals surface area contributed by atoms with Gasteiger partial charge in [0.25, 0.3) is 0 Å². The third kappa shape index (κ3) is 2.01. The molecule has 0 aliphatic carbocycles. The van der Waals surface area contributed by atoms with E-state index in [1.165, 1.54) is 0 Å². The first kappa shape index (κ1) is 13.2. The molecule has 16 heavy (non-hydrogen) atoms. The molecule has 0 spiro atoms. The molecule has 0 unspecified atom stereocenters. The highest BCUT2D eigenvalue weighted by Crippen LogP contribution is 2.48. The Kier molecular flexibility index (Phi) is 3.22. The predicted octanol–water partition coefficient (Wildman–Crippen LogP) is 3.73. The summed E-state index contributed by atoms with van der Waals surface area (Å²) in [5.41, 5.74) is 7.43. The number of nitrogens with two attached hydrogens (primary N) is 1. The van der Waals surface area contributed by atoms with E-state index < -0.39 is 0 Å². The molecule has 0 heterocycles. The first-order valence-electron chi connectivity index (χ1n) is 5.87. The average Bonchev–Trinajstić information content (AvgIpc) is 2.14. The molecule has 1 heteroatoms. The third-order valence-corrected chi connectivity index (χ3v) is 3.50. The summed E-state index contributed by atoms with van der Waals surface area (Å²) in [5, 5.41) is 0. The molecule has 0 aromatic heterocycles. The second-order valence-corrected chi connectivity index (χ2v) is 6.58. The van der Waals surface area contributed by atoms with Crippen LogP contribution in [-0.2, 0) is 5.54 Å². The van der Waals surface area contributed by atoms with Crippen LogP contribution >= 0.6 is 0 Å². The van der Waals surface area contributed by atoms with Crippen molar-refractivity contribution in [1.82, 2.24) is 0 Å². The lowest BCUT2D eigenvalue weighted by Crippen LogP contribution is -2.57. The largest absolute Gasteiger partial charge is 0.321 e. The average molecular weight is 218 g/mol. The van der Waals surface area contributed by atoms with Gasteiger partial charge in [0.15, 0.2) is 0 Å². The number of hydrogen-bond donors (Lipinski definition) is 1. The van der Waals surface area contributed by atoms with E-state index in [2.05, 4.69) is 53.7 Å². The quantitative estimate of drug-likeness (QED) is 0.763. The fourth-order valence-electron chi connectivity index (χ4n) is 2.57. The van der Waals surface area contributed by atoms with Crippen LogP contribution in [-0.4, -0.2) is 0 Å². The van der Waals surface area contributed by atoms with Crippen LogP contribution in [0.4, 0.5) is 0 Å². The molecule has 1 rings (SSSR count). The van der Waals surface area contributed by atoms with Gasteiger partial charge in [-0.25, -0.2) is 0 Å². The van der Waals surface area contributed by atoms with Gasteiger partial charge >= 0.3 is 0 Å². The molecule has 0 fully saturated rings. The van der Waals surface area contributed by atoms with Crippen LogP contribution in [0.2, 0.25) is 0 Å². The number of rotatable bonds is 1. The maximum absolute atomic E-state index is 6.74. The van der Waals surface area contributed by atoms with E-state index in [4.69, 9.17) is 5.73 Å². The van der Waals surface area contributed by atoms with Crippen molar-refractivity contribution in [2.45, 2.75) is 47.1 Å². The predicted molar refractivity (Wildman–Crippen MR) is 70.1 cm³/mol. The van der Waals surface area contributed by atoms with Crippen LogP contribution in [0.1, 0.15) is 47.1 Å². The van der Waals surface area contributed by atoms with Crippen LogP contribution in [0.5, 0.6) is 0 Å². The Morgan fingerprint density at radius 3 is 1.75 bits per heavy atom. The van der Waals surface area contributed by atoms with Gasteiger partial charge in [-0.15, -0.1) is 0 Å². The van der Waals surface area contributed by atoms with Crippen LogP contribution in [0, 0.1) is 16.9 Å². The fraction of sp³-hybridized carbons (Fsp3) is 0.600. The molecule has 0 aliphatic rings. The fourth-order valence-corrected chi connectivity index (χ4v) is 2.57. The molecular weight excluding hydrogens is 194 g/mol. The van der Waals surface area contributed by atoms with E-state index in [9.17, 15) is 0 Å². The molecule has 1 aromatic rings. The summed E-state index contributed by atoms with van der Waals surface area (Å²) < 4.78 is 0. The van der Waals surface area contributed by atoms with Gasteiger partial charge in [-0.3, -0.25) is 0 Å². The van der Waals surface area contributed by atoms with Gasteiger partial charge in [0.2, 0.25) is 0 Å². The van der Waals surface area contributed by atoms with Gasteiger partial charge in [0.1, 0.15) is 0 Å². The van der Waals surface area contributed by atoms with E-state index in [1.54, 1.807) is 0 Å². The highest BCUT2D eigenvalue weighted by atomic mass is 14.8. The molecule has 0 amide bonds. The minimum Gasteiger partial charge on any atom is -0.321 e.